The molecule has 0 amide bonds. The Morgan fingerprint density at radius 1 is 1.57 bits per heavy atom. The van der Waals surface area contributed by atoms with Gasteiger partial charge in [0.15, 0.2) is 0 Å². The molecule has 1 aromatic rings. The molecule has 0 saturated heterocycles. The summed E-state index contributed by atoms with van der Waals surface area (Å²) in [4.78, 5) is 3.89. The lowest BCUT2D eigenvalue weighted by atomic mass is 9.97. The Morgan fingerprint density at radius 3 is 2.71 bits per heavy atom. The highest BCUT2D eigenvalue weighted by atomic mass is 35.5. The maximum atomic E-state index is 12.4. The van der Waals surface area contributed by atoms with Crippen LogP contribution in [0.15, 0.2) is 18.2 Å². The zero-order valence-electron chi connectivity index (χ0n) is 7.67. The summed E-state index contributed by atoms with van der Waals surface area (Å²) in [7, 11) is 0. The van der Waals surface area contributed by atoms with Gasteiger partial charge in [0.2, 0.25) is 0 Å². The molecule has 0 aromatic carbocycles. The van der Waals surface area contributed by atoms with Gasteiger partial charge in [-0.3, -0.25) is 0 Å². The van der Waals surface area contributed by atoms with Crippen molar-refractivity contribution < 1.29 is 8.78 Å². The third-order valence-corrected chi connectivity index (χ3v) is 2.04. The van der Waals surface area contributed by atoms with Gasteiger partial charge >= 0.3 is 0 Å². The van der Waals surface area contributed by atoms with Crippen molar-refractivity contribution in [1.82, 2.24) is 4.98 Å². The van der Waals surface area contributed by atoms with E-state index in [1.807, 2.05) is 0 Å². The Morgan fingerprint density at radius 2 is 2.21 bits per heavy atom. The van der Waals surface area contributed by atoms with Gasteiger partial charge in [-0.1, -0.05) is 17.7 Å². The van der Waals surface area contributed by atoms with E-state index >= 15 is 0 Å². The van der Waals surface area contributed by atoms with Gasteiger partial charge in [-0.15, -0.1) is 0 Å². The maximum absolute atomic E-state index is 12.4. The Kier molecular flexibility index (Phi) is 3.39. The van der Waals surface area contributed by atoms with Gasteiger partial charge in [-0.05, 0) is 19.1 Å². The van der Waals surface area contributed by atoms with Crippen LogP contribution in [0.3, 0.4) is 0 Å². The molecule has 0 aliphatic rings. The second-order valence-corrected chi connectivity index (χ2v) is 3.82. The summed E-state index contributed by atoms with van der Waals surface area (Å²) >= 11 is 5.61. The molecule has 1 atom stereocenters. The first-order valence-corrected chi connectivity index (χ1v) is 4.48. The van der Waals surface area contributed by atoms with E-state index in [0.29, 0.717) is 5.69 Å². The minimum absolute atomic E-state index is 0.00519. The second-order valence-electron chi connectivity index (χ2n) is 3.43. The van der Waals surface area contributed by atoms with E-state index in [-0.39, 0.29) is 11.6 Å². The lowest BCUT2D eigenvalue weighted by Gasteiger charge is -2.22. The van der Waals surface area contributed by atoms with Gasteiger partial charge in [0, 0.05) is 12.1 Å². The quantitative estimate of drug-likeness (QED) is 0.794. The van der Waals surface area contributed by atoms with Crippen LogP contribution in [-0.4, -0.2) is 16.9 Å². The van der Waals surface area contributed by atoms with Gasteiger partial charge in [0.1, 0.15) is 5.15 Å². The molecule has 0 bridgehead atoms. The Balaban J connectivity index is 2.78. The SMILES string of the molecule is CC(N)(Cc1cccc(Cl)n1)C(F)F. The number of nitrogens with two attached hydrogens (primary N) is 1. The zero-order chi connectivity index (χ0) is 10.8. The minimum atomic E-state index is -2.58. The number of alkyl halides is 2. The monoisotopic (exact) mass is 220 g/mol. The van der Waals surface area contributed by atoms with Crippen molar-refractivity contribution in [2.24, 2.45) is 5.73 Å². The van der Waals surface area contributed by atoms with E-state index in [9.17, 15) is 8.78 Å². The van der Waals surface area contributed by atoms with Gasteiger partial charge in [0.05, 0.1) is 5.54 Å². The molecule has 0 aliphatic heterocycles. The minimum Gasteiger partial charge on any atom is -0.320 e. The number of hydrogen-bond donors (Lipinski definition) is 1. The lowest BCUT2D eigenvalue weighted by Crippen LogP contribution is -2.46. The van der Waals surface area contributed by atoms with Crippen LogP contribution in [-0.2, 0) is 6.42 Å². The van der Waals surface area contributed by atoms with Crippen molar-refractivity contribution in [3.05, 3.63) is 29.0 Å². The fraction of sp³-hybridized carbons (Fsp3) is 0.444. The molecule has 2 nitrogen and oxygen atoms in total. The van der Waals surface area contributed by atoms with E-state index in [2.05, 4.69) is 4.98 Å². The topological polar surface area (TPSA) is 38.9 Å². The van der Waals surface area contributed by atoms with Crippen LogP contribution in [0.5, 0.6) is 0 Å². The van der Waals surface area contributed by atoms with E-state index < -0.39 is 12.0 Å². The Labute approximate surface area is 86.1 Å². The summed E-state index contributed by atoms with van der Waals surface area (Å²) in [5.74, 6) is 0. The molecule has 78 valence electrons. The Bertz CT molecular complexity index is 315. The lowest BCUT2D eigenvalue weighted by molar-refractivity contribution is 0.0634. The van der Waals surface area contributed by atoms with Crippen LogP contribution in [0.4, 0.5) is 8.78 Å². The average molecular weight is 221 g/mol. The summed E-state index contributed by atoms with van der Waals surface area (Å²) in [5.41, 5.74) is 4.33. The molecular formula is C9H11ClF2N2. The first kappa shape index (κ1) is 11.3. The number of aromatic nitrogens is 1. The third-order valence-electron chi connectivity index (χ3n) is 1.83. The predicted molar refractivity (Wildman–Crippen MR) is 51.5 cm³/mol. The molecule has 0 radical (unpaired) electrons. The van der Waals surface area contributed by atoms with Crippen molar-refractivity contribution in [3.8, 4) is 0 Å². The van der Waals surface area contributed by atoms with E-state index in [1.54, 1.807) is 18.2 Å². The Hall–Kier alpha value is -0.740. The van der Waals surface area contributed by atoms with Crippen LogP contribution in [0.2, 0.25) is 5.15 Å². The van der Waals surface area contributed by atoms with Crippen LogP contribution in [0.1, 0.15) is 12.6 Å². The number of nitrogens with zero attached hydrogens (tertiary/aromatic N) is 1. The van der Waals surface area contributed by atoms with Crippen molar-refractivity contribution in [2.45, 2.75) is 25.3 Å². The van der Waals surface area contributed by atoms with Crippen molar-refractivity contribution in [2.75, 3.05) is 0 Å². The summed E-state index contributed by atoms with van der Waals surface area (Å²) in [6.07, 6.45) is -2.58. The molecule has 1 aromatic heterocycles. The summed E-state index contributed by atoms with van der Waals surface area (Å²) in [6, 6.07) is 4.87. The molecule has 1 heterocycles. The average Bonchev–Trinajstić information content (AvgIpc) is 2.02. The fourth-order valence-corrected chi connectivity index (χ4v) is 1.20. The molecule has 5 heteroatoms. The number of rotatable bonds is 3. The highest BCUT2D eigenvalue weighted by Crippen LogP contribution is 2.18. The standard InChI is InChI=1S/C9H11ClF2N2/c1-9(13,8(11)12)5-6-3-2-4-7(10)14-6/h2-4,8H,5,13H2,1H3. The highest BCUT2D eigenvalue weighted by Gasteiger charge is 2.30. The predicted octanol–water partition coefficient (Wildman–Crippen LogP) is 2.26. The summed E-state index contributed by atoms with van der Waals surface area (Å²) in [5, 5.41) is 0.285. The molecule has 14 heavy (non-hydrogen) atoms. The summed E-state index contributed by atoms with van der Waals surface area (Å²) < 4.78 is 24.8. The molecule has 0 fully saturated rings. The van der Waals surface area contributed by atoms with Crippen LogP contribution in [0.25, 0.3) is 0 Å². The molecule has 1 unspecified atom stereocenters. The normalized spacial score (nSPS) is 15.6. The van der Waals surface area contributed by atoms with Gasteiger partial charge in [0.25, 0.3) is 6.43 Å². The van der Waals surface area contributed by atoms with Gasteiger partial charge in [-0.25, -0.2) is 13.8 Å². The van der Waals surface area contributed by atoms with Crippen molar-refractivity contribution in [1.29, 1.82) is 0 Å². The van der Waals surface area contributed by atoms with Gasteiger partial charge < -0.3 is 5.73 Å². The van der Waals surface area contributed by atoms with E-state index in [4.69, 9.17) is 17.3 Å². The van der Waals surface area contributed by atoms with Crippen molar-refractivity contribution in [3.63, 3.8) is 0 Å². The molecule has 0 aliphatic carbocycles. The third kappa shape index (κ3) is 2.89. The van der Waals surface area contributed by atoms with Gasteiger partial charge in [-0.2, -0.15) is 0 Å². The largest absolute Gasteiger partial charge is 0.320 e. The molecule has 0 spiro atoms. The summed E-state index contributed by atoms with van der Waals surface area (Å²) in [6.45, 7) is 1.29. The molecular weight excluding hydrogens is 210 g/mol. The van der Waals surface area contributed by atoms with E-state index in [1.165, 1.54) is 6.92 Å². The molecule has 1 rings (SSSR count). The first-order valence-electron chi connectivity index (χ1n) is 4.10. The number of pyridine rings is 1. The molecule has 0 saturated carbocycles. The first-order chi connectivity index (χ1) is 6.42. The zero-order valence-corrected chi connectivity index (χ0v) is 8.43. The smallest absolute Gasteiger partial charge is 0.256 e. The number of halogens is 3. The highest BCUT2D eigenvalue weighted by molar-refractivity contribution is 6.29. The van der Waals surface area contributed by atoms with Crippen LogP contribution >= 0.6 is 11.6 Å². The van der Waals surface area contributed by atoms with Crippen LogP contribution < -0.4 is 5.73 Å². The van der Waals surface area contributed by atoms with E-state index in [0.717, 1.165) is 0 Å². The second kappa shape index (κ2) is 4.19. The fourth-order valence-electron chi connectivity index (χ4n) is 1.02. The maximum Gasteiger partial charge on any atom is 0.256 e. The number of hydrogen-bond acceptors (Lipinski definition) is 2. The van der Waals surface area contributed by atoms with Crippen molar-refractivity contribution >= 4 is 11.6 Å². The van der Waals surface area contributed by atoms with Crippen LogP contribution in [0, 0.1) is 0 Å². The molecule has 2 N–H and O–H groups in total.